The molecule has 0 aromatic carbocycles. The number of carbonyl (C=O) groups excluding carboxylic acids is 1. The summed E-state index contributed by atoms with van der Waals surface area (Å²) < 4.78 is 61.3. The van der Waals surface area contributed by atoms with E-state index in [0.717, 1.165) is 22.3 Å². The third-order valence-corrected chi connectivity index (χ3v) is 5.86. The van der Waals surface area contributed by atoms with Gasteiger partial charge in [0.05, 0.1) is 28.8 Å². The van der Waals surface area contributed by atoms with E-state index in [-0.39, 0.29) is 29.3 Å². The summed E-state index contributed by atoms with van der Waals surface area (Å²) in [4.78, 5) is 25.9. The average molecular weight is 498 g/mol. The quantitative estimate of drug-likeness (QED) is 0.379. The van der Waals surface area contributed by atoms with Crippen molar-refractivity contribution in [2.45, 2.75) is 18.6 Å². The molecule has 36 heavy (non-hydrogen) atoms. The highest BCUT2D eigenvalue weighted by molar-refractivity contribution is 5.90. The number of hydrogen-bond donors (Lipinski definition) is 1. The molecule has 1 amide bonds. The number of amides is 1. The first-order valence-corrected chi connectivity index (χ1v) is 10.6. The van der Waals surface area contributed by atoms with Crippen LogP contribution in [0.2, 0.25) is 0 Å². The standard InChI is InChI=1S/C22H14F4N8O2/c23-12-4-1-6-27-16(12)19-30-31-20(36-19)21(35)33-8-5-13-17(29-10-28-13)18(33)14-9-15-11(22(24,25)26)3-2-7-34(15)32-14/h1-4,6-7,9-10,18H,5,8H2,(H,28,29)/t18-/m0/s1. The van der Waals surface area contributed by atoms with Crippen molar-refractivity contribution in [1.29, 1.82) is 0 Å². The molecule has 0 fully saturated rings. The first kappa shape index (κ1) is 21.9. The Kier molecular flexibility index (Phi) is 4.84. The largest absolute Gasteiger partial charge is 0.418 e. The second-order valence-corrected chi connectivity index (χ2v) is 7.98. The highest BCUT2D eigenvalue weighted by Gasteiger charge is 2.39. The maximum atomic E-state index is 14.1. The average Bonchev–Trinajstić information content (AvgIpc) is 3.61. The van der Waals surface area contributed by atoms with Crippen LogP contribution in [0.1, 0.15) is 39.4 Å². The molecule has 0 saturated heterocycles. The number of rotatable bonds is 3. The molecule has 1 N–H and O–H groups in total. The fourth-order valence-electron chi connectivity index (χ4n) is 4.27. The zero-order chi connectivity index (χ0) is 25.0. The number of pyridine rings is 2. The van der Waals surface area contributed by atoms with Gasteiger partial charge in [-0.2, -0.15) is 18.3 Å². The number of aromatic nitrogens is 7. The monoisotopic (exact) mass is 498 g/mol. The van der Waals surface area contributed by atoms with Gasteiger partial charge in [0.15, 0.2) is 11.5 Å². The second-order valence-electron chi connectivity index (χ2n) is 7.98. The van der Waals surface area contributed by atoms with Gasteiger partial charge in [-0.05, 0) is 30.3 Å². The molecule has 0 unspecified atom stereocenters. The van der Waals surface area contributed by atoms with Gasteiger partial charge in [-0.15, -0.1) is 10.2 Å². The minimum atomic E-state index is -4.60. The van der Waals surface area contributed by atoms with Crippen LogP contribution in [0.3, 0.4) is 0 Å². The van der Waals surface area contributed by atoms with Gasteiger partial charge in [-0.3, -0.25) is 4.79 Å². The van der Waals surface area contributed by atoms with Gasteiger partial charge in [0.25, 0.3) is 5.89 Å². The van der Waals surface area contributed by atoms with Crippen LogP contribution < -0.4 is 0 Å². The fourth-order valence-corrected chi connectivity index (χ4v) is 4.27. The van der Waals surface area contributed by atoms with Gasteiger partial charge in [0.2, 0.25) is 0 Å². The molecule has 6 rings (SSSR count). The molecule has 1 atom stereocenters. The molecule has 6 heterocycles. The summed E-state index contributed by atoms with van der Waals surface area (Å²) in [6, 6.07) is 5.09. The topological polar surface area (TPSA) is 118 Å². The normalized spacial score (nSPS) is 15.9. The maximum absolute atomic E-state index is 14.1. The highest BCUT2D eigenvalue weighted by atomic mass is 19.4. The number of alkyl halides is 3. The Balaban J connectivity index is 1.42. The Hall–Kier alpha value is -4.62. The van der Waals surface area contributed by atoms with E-state index >= 15 is 0 Å². The summed E-state index contributed by atoms with van der Waals surface area (Å²) in [5, 5.41) is 11.8. The first-order valence-electron chi connectivity index (χ1n) is 10.6. The SMILES string of the molecule is O=C(c1nnc(-c2ncccc2F)o1)N1CCc2[nH]cnc2[C@@H]1c1cc2c(C(F)(F)F)cccn2n1. The van der Waals surface area contributed by atoms with Gasteiger partial charge in [0.1, 0.15) is 6.04 Å². The number of imidazole rings is 1. The van der Waals surface area contributed by atoms with Crippen LogP contribution >= 0.6 is 0 Å². The number of hydrogen-bond acceptors (Lipinski definition) is 7. The minimum absolute atomic E-state index is 0.161. The Labute approximate surface area is 198 Å². The van der Waals surface area contributed by atoms with E-state index in [1.165, 1.54) is 41.8 Å². The maximum Gasteiger partial charge on any atom is 0.418 e. The molecule has 10 nitrogen and oxygen atoms in total. The molecule has 182 valence electrons. The second kappa shape index (κ2) is 7.96. The van der Waals surface area contributed by atoms with Gasteiger partial charge >= 0.3 is 18.0 Å². The van der Waals surface area contributed by atoms with E-state index in [1.807, 2.05) is 0 Å². The van der Waals surface area contributed by atoms with Crippen LogP contribution in [0.4, 0.5) is 17.6 Å². The summed E-state index contributed by atoms with van der Waals surface area (Å²) in [6.07, 6.45) is -0.0329. The molecular weight excluding hydrogens is 484 g/mol. The van der Waals surface area contributed by atoms with Gasteiger partial charge in [-0.1, -0.05) is 0 Å². The van der Waals surface area contributed by atoms with Gasteiger partial charge in [0, 0.05) is 31.1 Å². The lowest BCUT2D eigenvalue weighted by atomic mass is 9.99. The number of H-pyrrole nitrogens is 1. The summed E-state index contributed by atoms with van der Waals surface area (Å²) in [6.45, 7) is 0.161. The molecule has 0 radical (unpaired) electrons. The number of nitrogens with one attached hydrogen (secondary N) is 1. The molecule has 5 aromatic rings. The smallest absolute Gasteiger partial charge is 0.411 e. The summed E-state index contributed by atoms with van der Waals surface area (Å²) in [5.41, 5.74) is 0.0813. The highest BCUT2D eigenvalue weighted by Crippen LogP contribution is 2.37. The summed E-state index contributed by atoms with van der Waals surface area (Å²) in [7, 11) is 0. The Bertz CT molecular complexity index is 1600. The molecule has 5 aromatic heterocycles. The van der Waals surface area contributed by atoms with Gasteiger partial charge in [-0.25, -0.2) is 18.9 Å². The van der Waals surface area contributed by atoms with Crippen molar-refractivity contribution < 1.29 is 26.8 Å². The van der Waals surface area contributed by atoms with Crippen molar-refractivity contribution >= 4 is 11.4 Å². The molecule has 1 aliphatic heterocycles. The molecule has 0 spiro atoms. The predicted molar refractivity (Wildman–Crippen MR) is 113 cm³/mol. The van der Waals surface area contributed by atoms with Crippen molar-refractivity contribution in [3.05, 3.63) is 83.4 Å². The lowest BCUT2D eigenvalue weighted by Gasteiger charge is -2.32. The van der Waals surface area contributed by atoms with Crippen LogP contribution in [0, 0.1) is 5.82 Å². The third kappa shape index (κ3) is 3.49. The Morgan fingerprint density at radius 2 is 2.03 bits per heavy atom. The number of fused-ring (bicyclic) bond motifs is 2. The zero-order valence-corrected chi connectivity index (χ0v) is 18.1. The van der Waals surface area contributed by atoms with E-state index in [2.05, 4.69) is 30.2 Å². The van der Waals surface area contributed by atoms with Crippen LogP contribution in [-0.4, -0.2) is 52.1 Å². The lowest BCUT2D eigenvalue weighted by Crippen LogP contribution is -2.41. The minimum Gasteiger partial charge on any atom is -0.411 e. The molecule has 1 aliphatic rings. The van der Waals surface area contributed by atoms with E-state index in [0.29, 0.717) is 12.1 Å². The molecular formula is C22H14F4N8O2. The van der Waals surface area contributed by atoms with Crippen molar-refractivity contribution in [2.75, 3.05) is 6.54 Å². The van der Waals surface area contributed by atoms with Crippen LogP contribution in [0.25, 0.3) is 17.1 Å². The van der Waals surface area contributed by atoms with Crippen LogP contribution in [0.15, 0.2) is 53.5 Å². The zero-order valence-electron chi connectivity index (χ0n) is 18.1. The Morgan fingerprint density at radius 3 is 2.83 bits per heavy atom. The van der Waals surface area contributed by atoms with Crippen LogP contribution in [-0.2, 0) is 12.6 Å². The summed E-state index contributed by atoms with van der Waals surface area (Å²) >= 11 is 0. The molecule has 0 bridgehead atoms. The number of carbonyl (C=O) groups is 1. The van der Waals surface area contributed by atoms with Gasteiger partial charge < -0.3 is 14.3 Å². The van der Waals surface area contributed by atoms with E-state index < -0.39 is 35.4 Å². The van der Waals surface area contributed by atoms with Crippen molar-refractivity contribution in [3.8, 4) is 11.6 Å². The third-order valence-electron chi connectivity index (χ3n) is 5.86. The predicted octanol–water partition coefficient (Wildman–Crippen LogP) is 3.45. The summed E-state index contributed by atoms with van der Waals surface area (Å²) in [5.74, 6) is -2.13. The lowest BCUT2D eigenvalue weighted by molar-refractivity contribution is -0.136. The fraction of sp³-hybridized carbons (Fsp3) is 0.182. The van der Waals surface area contributed by atoms with E-state index in [1.54, 1.807) is 0 Å². The Morgan fingerprint density at radius 1 is 1.17 bits per heavy atom. The first-order chi connectivity index (χ1) is 17.3. The van der Waals surface area contributed by atoms with E-state index in [4.69, 9.17) is 4.42 Å². The van der Waals surface area contributed by atoms with Crippen molar-refractivity contribution in [2.24, 2.45) is 0 Å². The van der Waals surface area contributed by atoms with Crippen LogP contribution in [0.5, 0.6) is 0 Å². The molecule has 0 aliphatic carbocycles. The number of halogens is 4. The van der Waals surface area contributed by atoms with E-state index in [9.17, 15) is 22.4 Å². The molecule has 0 saturated carbocycles. The van der Waals surface area contributed by atoms with Crippen molar-refractivity contribution in [1.82, 2.24) is 39.7 Å². The van der Waals surface area contributed by atoms with Crippen molar-refractivity contribution in [3.63, 3.8) is 0 Å². The number of nitrogens with zero attached hydrogens (tertiary/aromatic N) is 7. The number of aromatic amines is 1. The molecule has 14 heteroatoms.